The Morgan fingerprint density at radius 2 is 1.25 bits per heavy atom. The molecule has 0 fully saturated rings. The van der Waals surface area contributed by atoms with E-state index in [0.29, 0.717) is 0 Å². The molecule has 98 valence electrons. The van der Waals surface area contributed by atoms with Gasteiger partial charge in [-0.1, -0.05) is 20.8 Å². The quantitative estimate of drug-likeness (QED) is 0.554. The Morgan fingerprint density at radius 1 is 0.812 bits per heavy atom. The van der Waals surface area contributed by atoms with Crippen molar-refractivity contribution < 1.29 is 8.85 Å². The lowest BCUT2D eigenvalue weighted by atomic mass is 10.4. The number of nitrogens with zero attached hydrogens (tertiary/aromatic N) is 1. The fraction of sp³-hybridized carbons (Fsp3) is 1.00. The van der Waals surface area contributed by atoms with Gasteiger partial charge in [0.15, 0.2) is 0 Å². The van der Waals surface area contributed by atoms with E-state index in [1.807, 2.05) is 0 Å². The van der Waals surface area contributed by atoms with Gasteiger partial charge in [0.1, 0.15) is 0 Å². The van der Waals surface area contributed by atoms with Crippen molar-refractivity contribution in [1.29, 1.82) is 0 Å². The molecular formula is C12H29NO2Si. The second-order valence-electron chi connectivity index (χ2n) is 3.92. The lowest BCUT2D eigenvalue weighted by Crippen LogP contribution is -2.58. The molecule has 0 aromatic carbocycles. The summed E-state index contributed by atoms with van der Waals surface area (Å²) < 4.78 is 14.5. The van der Waals surface area contributed by atoms with Crippen LogP contribution in [0.15, 0.2) is 0 Å². The van der Waals surface area contributed by atoms with E-state index >= 15 is 0 Å². The standard InChI is InChI=1S/C12H29NO2Si/c1-6-11-13(12-7-2)16(10-5,14-8-3)15-9-4/h6-12H2,1-5H3. The van der Waals surface area contributed by atoms with Crippen LogP contribution in [0.5, 0.6) is 0 Å². The summed E-state index contributed by atoms with van der Waals surface area (Å²) in [7, 11) is -2.11. The Labute approximate surface area is 102 Å². The minimum atomic E-state index is -2.11. The molecule has 0 unspecified atom stereocenters. The van der Waals surface area contributed by atoms with E-state index in [4.69, 9.17) is 8.85 Å². The highest BCUT2D eigenvalue weighted by molar-refractivity contribution is 6.64. The van der Waals surface area contributed by atoms with Crippen LogP contribution < -0.4 is 0 Å². The summed E-state index contributed by atoms with van der Waals surface area (Å²) in [5.41, 5.74) is 0. The fourth-order valence-corrected chi connectivity index (χ4v) is 5.43. The third-order valence-corrected chi connectivity index (χ3v) is 6.44. The van der Waals surface area contributed by atoms with Gasteiger partial charge in [0.2, 0.25) is 0 Å². The van der Waals surface area contributed by atoms with E-state index in [1.165, 1.54) is 0 Å². The summed E-state index contributed by atoms with van der Waals surface area (Å²) in [5.74, 6) is 0. The Morgan fingerprint density at radius 3 is 1.50 bits per heavy atom. The van der Waals surface area contributed by atoms with E-state index in [2.05, 4.69) is 39.2 Å². The van der Waals surface area contributed by atoms with Crippen molar-refractivity contribution in [2.75, 3.05) is 26.3 Å². The first kappa shape index (κ1) is 16.1. The minimum absolute atomic E-state index is 0.754. The zero-order valence-electron chi connectivity index (χ0n) is 11.7. The van der Waals surface area contributed by atoms with Gasteiger partial charge in [0.05, 0.1) is 0 Å². The lowest BCUT2D eigenvalue weighted by molar-refractivity contribution is 0.120. The lowest BCUT2D eigenvalue weighted by Gasteiger charge is -2.38. The Balaban J connectivity index is 4.73. The highest BCUT2D eigenvalue weighted by Crippen LogP contribution is 2.19. The first-order valence-electron chi connectivity index (χ1n) is 6.73. The smallest absolute Gasteiger partial charge is 0.383 e. The molecule has 0 bridgehead atoms. The first-order valence-corrected chi connectivity index (χ1v) is 8.70. The topological polar surface area (TPSA) is 21.7 Å². The molecule has 0 rings (SSSR count). The average Bonchev–Trinajstić information content (AvgIpc) is 2.28. The molecule has 0 atom stereocenters. The molecule has 0 saturated heterocycles. The van der Waals surface area contributed by atoms with Crippen molar-refractivity contribution in [2.45, 2.75) is 53.5 Å². The van der Waals surface area contributed by atoms with Crippen molar-refractivity contribution in [1.82, 2.24) is 4.57 Å². The zero-order valence-corrected chi connectivity index (χ0v) is 12.7. The van der Waals surface area contributed by atoms with Gasteiger partial charge in [-0.25, -0.2) is 0 Å². The van der Waals surface area contributed by atoms with Crippen molar-refractivity contribution in [3.05, 3.63) is 0 Å². The van der Waals surface area contributed by atoms with Gasteiger partial charge in [-0.05, 0) is 39.8 Å². The third-order valence-electron chi connectivity index (χ3n) is 2.66. The van der Waals surface area contributed by atoms with Gasteiger partial charge in [0.25, 0.3) is 0 Å². The van der Waals surface area contributed by atoms with Crippen molar-refractivity contribution in [3.63, 3.8) is 0 Å². The second-order valence-corrected chi connectivity index (χ2v) is 7.26. The molecule has 0 aliphatic carbocycles. The molecule has 0 N–H and O–H groups in total. The number of hydrogen-bond acceptors (Lipinski definition) is 3. The molecule has 0 aromatic rings. The van der Waals surface area contributed by atoms with E-state index in [-0.39, 0.29) is 0 Å². The number of rotatable bonds is 10. The van der Waals surface area contributed by atoms with Crippen LogP contribution in [0.1, 0.15) is 47.5 Å². The van der Waals surface area contributed by atoms with Gasteiger partial charge in [-0.2, -0.15) is 0 Å². The maximum absolute atomic E-state index is 6.03. The zero-order chi connectivity index (χ0) is 12.4. The summed E-state index contributed by atoms with van der Waals surface area (Å²) in [6.07, 6.45) is 2.32. The van der Waals surface area contributed by atoms with Gasteiger partial charge in [-0.3, -0.25) is 4.57 Å². The highest BCUT2D eigenvalue weighted by atomic mass is 28.4. The van der Waals surface area contributed by atoms with Crippen LogP contribution in [-0.2, 0) is 8.85 Å². The van der Waals surface area contributed by atoms with Crippen LogP contribution in [0.4, 0.5) is 0 Å². The molecule has 0 aliphatic heterocycles. The van der Waals surface area contributed by atoms with E-state index in [0.717, 1.165) is 45.2 Å². The van der Waals surface area contributed by atoms with Crippen molar-refractivity contribution in [2.24, 2.45) is 0 Å². The van der Waals surface area contributed by atoms with E-state index < -0.39 is 8.72 Å². The molecule has 0 radical (unpaired) electrons. The molecule has 0 spiro atoms. The van der Waals surface area contributed by atoms with E-state index in [1.54, 1.807) is 0 Å². The molecule has 0 aliphatic rings. The SMILES string of the molecule is CCCN(CCC)[Si](CC)(OCC)OCC. The molecule has 4 heteroatoms. The summed E-state index contributed by atoms with van der Waals surface area (Å²) in [4.78, 5) is 0. The molecule has 3 nitrogen and oxygen atoms in total. The van der Waals surface area contributed by atoms with Gasteiger partial charge in [0, 0.05) is 19.3 Å². The van der Waals surface area contributed by atoms with Crippen molar-refractivity contribution in [3.8, 4) is 0 Å². The fourth-order valence-electron chi connectivity index (χ4n) is 2.10. The van der Waals surface area contributed by atoms with Crippen molar-refractivity contribution >= 4 is 8.72 Å². The molecule has 0 aromatic heterocycles. The summed E-state index contributed by atoms with van der Waals surface area (Å²) in [6, 6.07) is 1.01. The van der Waals surface area contributed by atoms with Crippen LogP contribution in [0, 0.1) is 0 Å². The highest BCUT2D eigenvalue weighted by Gasteiger charge is 2.42. The Kier molecular flexibility index (Phi) is 9.22. The van der Waals surface area contributed by atoms with Gasteiger partial charge >= 0.3 is 8.72 Å². The minimum Gasteiger partial charge on any atom is -0.383 e. The Hall–Kier alpha value is 0.0969. The van der Waals surface area contributed by atoms with Crippen LogP contribution in [0.3, 0.4) is 0 Å². The normalized spacial score (nSPS) is 12.4. The Bertz CT molecular complexity index is 155. The molecule has 0 saturated carbocycles. The summed E-state index contributed by atoms with van der Waals surface area (Å²) in [6.45, 7) is 14.4. The van der Waals surface area contributed by atoms with Gasteiger partial charge in [-0.15, -0.1) is 0 Å². The molecule has 0 heterocycles. The first-order chi connectivity index (χ1) is 7.70. The third kappa shape index (κ3) is 4.53. The second kappa shape index (κ2) is 9.16. The van der Waals surface area contributed by atoms with Crippen LogP contribution >= 0.6 is 0 Å². The largest absolute Gasteiger partial charge is 0.427 e. The van der Waals surface area contributed by atoms with Crippen LogP contribution in [0.2, 0.25) is 6.04 Å². The summed E-state index contributed by atoms with van der Waals surface area (Å²) >= 11 is 0. The maximum atomic E-state index is 6.03. The molecule has 0 amide bonds. The maximum Gasteiger partial charge on any atom is 0.427 e. The monoisotopic (exact) mass is 247 g/mol. The van der Waals surface area contributed by atoms with Crippen LogP contribution in [0.25, 0.3) is 0 Å². The number of hydrogen-bond donors (Lipinski definition) is 0. The van der Waals surface area contributed by atoms with E-state index in [9.17, 15) is 0 Å². The van der Waals surface area contributed by atoms with Crippen LogP contribution in [-0.4, -0.2) is 39.6 Å². The molecule has 16 heavy (non-hydrogen) atoms. The predicted molar refractivity (Wildman–Crippen MR) is 71.6 cm³/mol. The average molecular weight is 247 g/mol. The molecular weight excluding hydrogens is 218 g/mol. The summed E-state index contributed by atoms with van der Waals surface area (Å²) in [5, 5.41) is 0. The van der Waals surface area contributed by atoms with Gasteiger partial charge < -0.3 is 8.85 Å². The predicted octanol–water partition coefficient (Wildman–Crippen LogP) is 3.14.